The highest BCUT2D eigenvalue weighted by Crippen LogP contribution is 2.30. The van der Waals surface area contributed by atoms with E-state index in [2.05, 4.69) is 4.99 Å². The van der Waals surface area contributed by atoms with Gasteiger partial charge in [0.1, 0.15) is 12.4 Å². The van der Waals surface area contributed by atoms with Gasteiger partial charge in [0.2, 0.25) is 0 Å². The Labute approximate surface area is 204 Å². The van der Waals surface area contributed by atoms with Crippen molar-refractivity contribution in [2.75, 3.05) is 32.0 Å². The Morgan fingerprint density at radius 1 is 1.17 bits per heavy atom. The van der Waals surface area contributed by atoms with Crippen molar-refractivity contribution in [3.8, 4) is 0 Å². The van der Waals surface area contributed by atoms with Gasteiger partial charge in [-0.15, -0.1) is 0 Å². The van der Waals surface area contributed by atoms with Gasteiger partial charge in [-0.25, -0.2) is 10.1 Å². The Balaban J connectivity index is 1.52. The minimum absolute atomic E-state index is 0.0785. The number of nitrogens with zero attached hydrogens (tertiary/aromatic N) is 3. The first kappa shape index (κ1) is 24.4. The van der Waals surface area contributed by atoms with Crippen LogP contribution >= 0.6 is 0 Å². The number of hydroxylamine groups is 2. The lowest BCUT2D eigenvalue weighted by Crippen LogP contribution is -2.51. The standard InChI is InChI=1S/C26H31N5O4/c1-2-9-31(35-16-17-3-7-22(27)8-4-17)26(34)21-10-19-5-6-20(11-23(19)29-24(28)12-21)25(33)30-13-18(14-30)15-32/h3-8,10-11,18,32H,2,9,12-16,27H2,1H3,(H2,28,29). The van der Waals surface area contributed by atoms with Crippen molar-refractivity contribution >= 4 is 35.1 Å². The number of benzene rings is 2. The number of likely N-dealkylation sites (tertiary alicyclic amines) is 1. The molecular formula is C26H31N5O4. The van der Waals surface area contributed by atoms with E-state index in [1.807, 2.05) is 19.1 Å². The molecule has 9 heteroatoms. The van der Waals surface area contributed by atoms with E-state index in [-0.39, 0.29) is 43.2 Å². The molecule has 5 N–H and O–H groups in total. The van der Waals surface area contributed by atoms with Crippen molar-refractivity contribution in [3.63, 3.8) is 0 Å². The Morgan fingerprint density at radius 3 is 2.60 bits per heavy atom. The van der Waals surface area contributed by atoms with Gasteiger partial charge < -0.3 is 21.5 Å². The van der Waals surface area contributed by atoms with Crippen molar-refractivity contribution in [2.24, 2.45) is 16.6 Å². The molecule has 0 aromatic heterocycles. The van der Waals surface area contributed by atoms with Crippen molar-refractivity contribution in [1.82, 2.24) is 9.96 Å². The van der Waals surface area contributed by atoms with Crippen LogP contribution < -0.4 is 11.5 Å². The van der Waals surface area contributed by atoms with Crippen LogP contribution in [-0.4, -0.2) is 59.0 Å². The van der Waals surface area contributed by atoms with E-state index >= 15 is 0 Å². The zero-order valence-corrected chi connectivity index (χ0v) is 19.8. The van der Waals surface area contributed by atoms with Crippen molar-refractivity contribution in [2.45, 2.75) is 26.4 Å². The van der Waals surface area contributed by atoms with Gasteiger partial charge in [0.15, 0.2) is 0 Å². The quantitative estimate of drug-likeness (QED) is 0.395. The summed E-state index contributed by atoms with van der Waals surface area (Å²) in [5.74, 6) is 0.0375. The number of carbonyl (C=O) groups is 2. The molecule has 2 heterocycles. The minimum Gasteiger partial charge on any atom is -0.399 e. The third kappa shape index (κ3) is 5.70. The number of carbonyl (C=O) groups excluding carboxylic acids is 2. The van der Waals surface area contributed by atoms with E-state index in [4.69, 9.17) is 16.3 Å². The molecule has 0 aliphatic carbocycles. The first-order valence-electron chi connectivity index (χ1n) is 11.7. The van der Waals surface area contributed by atoms with E-state index in [9.17, 15) is 14.7 Å². The molecule has 2 aromatic rings. The highest BCUT2D eigenvalue weighted by atomic mass is 16.7. The fraction of sp³-hybridized carbons (Fsp3) is 0.346. The number of fused-ring (bicyclic) bond motifs is 1. The van der Waals surface area contributed by atoms with Crippen molar-refractivity contribution in [1.29, 1.82) is 0 Å². The number of amidine groups is 1. The lowest BCUT2D eigenvalue weighted by atomic mass is 9.99. The number of aliphatic hydroxyl groups excluding tert-OH is 1. The Bertz CT molecular complexity index is 1150. The van der Waals surface area contributed by atoms with Gasteiger partial charge >= 0.3 is 0 Å². The Kier molecular flexibility index (Phi) is 7.48. The summed E-state index contributed by atoms with van der Waals surface area (Å²) in [5, 5.41) is 10.6. The lowest BCUT2D eigenvalue weighted by Gasteiger charge is -2.38. The van der Waals surface area contributed by atoms with E-state index in [0.717, 1.165) is 12.0 Å². The number of hydrogen-bond acceptors (Lipinski definition) is 7. The molecule has 4 rings (SSSR count). The average Bonchev–Trinajstić information content (AvgIpc) is 2.99. The van der Waals surface area contributed by atoms with E-state index in [0.29, 0.717) is 47.7 Å². The maximum atomic E-state index is 13.4. The van der Waals surface area contributed by atoms with Crippen LogP contribution in [0.4, 0.5) is 11.4 Å². The number of aliphatic hydroxyl groups is 1. The molecule has 0 unspecified atom stereocenters. The van der Waals surface area contributed by atoms with Crippen LogP contribution in [0, 0.1) is 5.92 Å². The second-order valence-electron chi connectivity index (χ2n) is 8.90. The summed E-state index contributed by atoms with van der Waals surface area (Å²) in [4.78, 5) is 38.1. The van der Waals surface area contributed by atoms with Crippen LogP contribution in [0.5, 0.6) is 0 Å². The summed E-state index contributed by atoms with van der Waals surface area (Å²) >= 11 is 0. The molecule has 1 saturated heterocycles. The zero-order chi connectivity index (χ0) is 24.9. The van der Waals surface area contributed by atoms with Gasteiger partial charge in [0, 0.05) is 61.0 Å². The molecule has 2 amide bonds. The molecule has 0 saturated carbocycles. The van der Waals surface area contributed by atoms with Crippen LogP contribution in [0.15, 0.2) is 53.0 Å². The molecule has 0 bridgehead atoms. The highest BCUT2D eigenvalue weighted by molar-refractivity contribution is 6.05. The lowest BCUT2D eigenvalue weighted by molar-refractivity contribution is -0.187. The number of anilines is 1. The Morgan fingerprint density at radius 2 is 1.91 bits per heavy atom. The van der Waals surface area contributed by atoms with Gasteiger partial charge in [0.25, 0.3) is 11.8 Å². The molecule has 2 aromatic carbocycles. The molecule has 0 spiro atoms. The summed E-state index contributed by atoms with van der Waals surface area (Å²) in [7, 11) is 0. The molecule has 9 nitrogen and oxygen atoms in total. The van der Waals surface area contributed by atoms with E-state index < -0.39 is 0 Å². The molecule has 2 aliphatic rings. The van der Waals surface area contributed by atoms with Gasteiger partial charge in [0.05, 0.1) is 5.69 Å². The molecule has 2 aliphatic heterocycles. The minimum atomic E-state index is -0.274. The summed E-state index contributed by atoms with van der Waals surface area (Å²) < 4.78 is 0. The largest absolute Gasteiger partial charge is 0.399 e. The normalized spacial score (nSPS) is 15.4. The fourth-order valence-corrected chi connectivity index (χ4v) is 4.05. The summed E-state index contributed by atoms with van der Waals surface area (Å²) in [6, 6.07) is 12.5. The SMILES string of the molecule is CCCN(OCc1ccc(N)cc1)C(=O)C1=Cc2ccc(C(=O)N3CC(CO)C3)cc2N=C(N)C1. The average molecular weight is 478 g/mol. The molecule has 0 atom stereocenters. The van der Waals surface area contributed by atoms with Crippen LogP contribution in [0.25, 0.3) is 6.08 Å². The van der Waals surface area contributed by atoms with Crippen LogP contribution in [-0.2, 0) is 16.2 Å². The number of hydrogen-bond donors (Lipinski definition) is 3. The van der Waals surface area contributed by atoms with E-state index in [1.165, 1.54) is 5.06 Å². The first-order valence-corrected chi connectivity index (χ1v) is 11.7. The van der Waals surface area contributed by atoms with Gasteiger partial charge in [-0.3, -0.25) is 14.4 Å². The zero-order valence-electron chi connectivity index (χ0n) is 19.8. The topological polar surface area (TPSA) is 134 Å². The first-order chi connectivity index (χ1) is 16.9. The molecule has 0 radical (unpaired) electrons. The van der Waals surface area contributed by atoms with Crippen LogP contribution in [0.3, 0.4) is 0 Å². The fourth-order valence-electron chi connectivity index (χ4n) is 4.05. The third-order valence-corrected chi connectivity index (χ3v) is 6.04. The second-order valence-corrected chi connectivity index (χ2v) is 8.90. The maximum Gasteiger partial charge on any atom is 0.273 e. The summed E-state index contributed by atoms with van der Waals surface area (Å²) in [6.07, 6.45) is 2.66. The molecule has 184 valence electrons. The van der Waals surface area contributed by atoms with Gasteiger partial charge in [-0.2, -0.15) is 0 Å². The summed E-state index contributed by atoms with van der Waals surface area (Å²) in [5.41, 5.74) is 15.7. The second kappa shape index (κ2) is 10.7. The number of amides is 2. The number of aliphatic imine (C=N–C) groups is 1. The van der Waals surface area contributed by atoms with E-state index in [1.54, 1.807) is 41.3 Å². The predicted octanol–water partition coefficient (Wildman–Crippen LogP) is 2.48. The van der Waals surface area contributed by atoms with Crippen molar-refractivity contribution in [3.05, 3.63) is 64.7 Å². The van der Waals surface area contributed by atoms with Crippen LogP contribution in [0.1, 0.15) is 41.3 Å². The molecule has 1 fully saturated rings. The third-order valence-electron chi connectivity index (χ3n) is 6.04. The monoisotopic (exact) mass is 477 g/mol. The molecular weight excluding hydrogens is 446 g/mol. The highest BCUT2D eigenvalue weighted by Gasteiger charge is 2.31. The Hall–Kier alpha value is -3.69. The van der Waals surface area contributed by atoms with Gasteiger partial charge in [-0.1, -0.05) is 25.1 Å². The smallest absolute Gasteiger partial charge is 0.273 e. The summed E-state index contributed by atoms with van der Waals surface area (Å²) in [6.45, 7) is 3.79. The van der Waals surface area contributed by atoms with Crippen LogP contribution in [0.2, 0.25) is 0 Å². The predicted molar refractivity (Wildman–Crippen MR) is 134 cm³/mol. The number of rotatable bonds is 8. The van der Waals surface area contributed by atoms with Crippen molar-refractivity contribution < 1.29 is 19.5 Å². The van der Waals surface area contributed by atoms with Gasteiger partial charge in [-0.05, 0) is 42.3 Å². The maximum absolute atomic E-state index is 13.4. The number of nitrogens with two attached hydrogens (primary N) is 2. The molecule has 35 heavy (non-hydrogen) atoms. The number of nitrogen functional groups attached to an aromatic ring is 1.